The molecule has 1 aliphatic heterocycles. The first-order chi connectivity index (χ1) is 15.5. The maximum atomic E-state index is 13.0. The molecule has 180 valence electrons. The van der Waals surface area contributed by atoms with Crippen LogP contribution >= 0.6 is 0 Å². The standard InChI is InChI=1S/C21H27N3O7S2/c1-30-18-9-6-16(7-10-18)23-33(28,29)20-13-17(8-11-19(20)31-2)22-21(25)15-5-4-12-24(14-15)32(3,26)27/h6-11,13,15,23H,4-5,12,14H2,1-3H3,(H,22,25). The van der Waals surface area contributed by atoms with Crippen molar-refractivity contribution in [3.8, 4) is 11.5 Å². The molecular formula is C21H27N3O7S2. The van der Waals surface area contributed by atoms with Crippen LogP contribution in [-0.4, -0.2) is 60.6 Å². The Bertz CT molecular complexity index is 1210. The van der Waals surface area contributed by atoms with E-state index in [1.54, 1.807) is 24.3 Å². The lowest BCUT2D eigenvalue weighted by Crippen LogP contribution is -2.43. The van der Waals surface area contributed by atoms with E-state index in [4.69, 9.17) is 9.47 Å². The number of nitrogens with one attached hydrogen (secondary N) is 2. The van der Waals surface area contributed by atoms with Crippen molar-refractivity contribution in [1.82, 2.24) is 4.31 Å². The third-order valence-electron chi connectivity index (χ3n) is 5.29. The summed E-state index contributed by atoms with van der Waals surface area (Å²) in [6, 6.07) is 10.6. The average molecular weight is 498 g/mol. The fourth-order valence-corrected chi connectivity index (χ4v) is 5.70. The van der Waals surface area contributed by atoms with E-state index in [1.807, 2.05) is 0 Å². The molecule has 1 fully saturated rings. The molecule has 33 heavy (non-hydrogen) atoms. The highest BCUT2D eigenvalue weighted by atomic mass is 32.2. The smallest absolute Gasteiger partial charge is 0.265 e. The maximum Gasteiger partial charge on any atom is 0.265 e. The van der Waals surface area contributed by atoms with Crippen molar-refractivity contribution in [3.63, 3.8) is 0 Å². The van der Waals surface area contributed by atoms with Gasteiger partial charge in [0.25, 0.3) is 10.0 Å². The molecular weight excluding hydrogens is 470 g/mol. The van der Waals surface area contributed by atoms with E-state index in [0.717, 1.165) is 6.26 Å². The van der Waals surface area contributed by atoms with Crippen LogP contribution in [0.1, 0.15) is 12.8 Å². The largest absolute Gasteiger partial charge is 0.497 e. The lowest BCUT2D eigenvalue weighted by atomic mass is 9.98. The van der Waals surface area contributed by atoms with Gasteiger partial charge in [0.15, 0.2) is 0 Å². The number of amides is 1. The van der Waals surface area contributed by atoms with Gasteiger partial charge in [-0.15, -0.1) is 0 Å². The third kappa shape index (κ3) is 6.15. The van der Waals surface area contributed by atoms with Crippen LogP contribution in [0.5, 0.6) is 11.5 Å². The molecule has 1 saturated heterocycles. The minimum absolute atomic E-state index is 0.0883. The van der Waals surface area contributed by atoms with Crippen LogP contribution in [0.25, 0.3) is 0 Å². The molecule has 12 heteroatoms. The van der Waals surface area contributed by atoms with Crippen molar-refractivity contribution in [2.45, 2.75) is 17.7 Å². The van der Waals surface area contributed by atoms with E-state index in [0.29, 0.717) is 30.8 Å². The van der Waals surface area contributed by atoms with Crippen molar-refractivity contribution < 1.29 is 31.1 Å². The average Bonchev–Trinajstić information content (AvgIpc) is 2.79. The molecule has 0 bridgehead atoms. The number of piperidine rings is 1. The van der Waals surface area contributed by atoms with E-state index < -0.39 is 26.0 Å². The van der Waals surface area contributed by atoms with Crippen LogP contribution in [-0.2, 0) is 24.8 Å². The number of sulfonamides is 2. The molecule has 0 aliphatic carbocycles. The van der Waals surface area contributed by atoms with Crippen LogP contribution in [0.2, 0.25) is 0 Å². The van der Waals surface area contributed by atoms with E-state index in [1.165, 1.54) is 36.7 Å². The number of benzene rings is 2. The molecule has 0 saturated carbocycles. The van der Waals surface area contributed by atoms with E-state index in [-0.39, 0.29) is 28.8 Å². The summed E-state index contributed by atoms with van der Waals surface area (Å²) in [5.74, 6) is -0.222. The van der Waals surface area contributed by atoms with Gasteiger partial charge in [0.05, 0.1) is 26.4 Å². The van der Waals surface area contributed by atoms with E-state index >= 15 is 0 Å². The molecule has 1 amide bonds. The van der Waals surface area contributed by atoms with Gasteiger partial charge < -0.3 is 14.8 Å². The molecule has 2 aromatic rings. The summed E-state index contributed by atoms with van der Waals surface area (Å²) in [6.45, 7) is 0.468. The molecule has 1 atom stereocenters. The van der Waals surface area contributed by atoms with Crippen molar-refractivity contribution in [1.29, 1.82) is 0 Å². The summed E-state index contributed by atoms with van der Waals surface area (Å²) < 4.78 is 63.7. The molecule has 2 N–H and O–H groups in total. The van der Waals surface area contributed by atoms with Crippen molar-refractivity contribution in [2.24, 2.45) is 5.92 Å². The van der Waals surface area contributed by atoms with Gasteiger partial charge in [-0.1, -0.05) is 0 Å². The summed E-state index contributed by atoms with van der Waals surface area (Å²) in [5, 5.41) is 2.70. The number of nitrogens with zero attached hydrogens (tertiary/aromatic N) is 1. The summed E-state index contributed by atoms with van der Waals surface area (Å²) in [7, 11) is -4.58. The van der Waals surface area contributed by atoms with Crippen molar-refractivity contribution in [3.05, 3.63) is 42.5 Å². The number of hydrogen-bond acceptors (Lipinski definition) is 7. The van der Waals surface area contributed by atoms with Crippen LogP contribution < -0.4 is 19.5 Å². The topological polar surface area (TPSA) is 131 Å². The first kappa shape index (κ1) is 24.8. The number of methoxy groups -OCH3 is 2. The van der Waals surface area contributed by atoms with Gasteiger partial charge >= 0.3 is 0 Å². The first-order valence-electron chi connectivity index (χ1n) is 10.1. The number of anilines is 2. The summed E-state index contributed by atoms with van der Waals surface area (Å²) in [4.78, 5) is 12.6. The van der Waals surface area contributed by atoms with Crippen LogP contribution in [0, 0.1) is 5.92 Å². The molecule has 0 radical (unpaired) electrons. The Morgan fingerprint density at radius 3 is 2.27 bits per heavy atom. The molecule has 1 heterocycles. The Labute approximate surface area is 194 Å². The Morgan fingerprint density at radius 1 is 1.00 bits per heavy atom. The summed E-state index contributed by atoms with van der Waals surface area (Å²) in [5.41, 5.74) is 0.586. The number of hydrogen-bond donors (Lipinski definition) is 2. The lowest BCUT2D eigenvalue weighted by molar-refractivity contribution is -0.120. The van der Waals surface area contributed by atoms with Crippen LogP contribution in [0.4, 0.5) is 11.4 Å². The highest BCUT2D eigenvalue weighted by Gasteiger charge is 2.30. The Kier molecular flexibility index (Phi) is 7.50. The Morgan fingerprint density at radius 2 is 1.67 bits per heavy atom. The zero-order valence-corrected chi connectivity index (χ0v) is 20.2. The predicted molar refractivity (Wildman–Crippen MR) is 125 cm³/mol. The van der Waals surface area contributed by atoms with Gasteiger partial charge in [-0.25, -0.2) is 21.1 Å². The zero-order valence-electron chi connectivity index (χ0n) is 18.6. The fraction of sp³-hybridized carbons (Fsp3) is 0.381. The second-order valence-corrected chi connectivity index (χ2v) is 11.3. The SMILES string of the molecule is COc1ccc(NS(=O)(=O)c2cc(NC(=O)C3CCCN(S(C)(=O)=O)C3)ccc2OC)cc1. The van der Waals surface area contributed by atoms with Gasteiger partial charge in [0.2, 0.25) is 15.9 Å². The molecule has 0 spiro atoms. The molecule has 2 aromatic carbocycles. The molecule has 10 nitrogen and oxygen atoms in total. The Hall–Kier alpha value is -2.83. The zero-order chi connectivity index (χ0) is 24.2. The predicted octanol–water partition coefficient (Wildman–Crippen LogP) is 2.11. The monoisotopic (exact) mass is 497 g/mol. The minimum atomic E-state index is -4.04. The molecule has 1 aliphatic rings. The molecule has 1 unspecified atom stereocenters. The van der Waals surface area contributed by atoms with Gasteiger partial charge in [0.1, 0.15) is 16.4 Å². The normalized spacial score (nSPS) is 17.2. The summed E-state index contributed by atoms with van der Waals surface area (Å²) in [6.07, 6.45) is 2.22. The number of ether oxygens (including phenoxy) is 2. The lowest BCUT2D eigenvalue weighted by Gasteiger charge is -2.30. The van der Waals surface area contributed by atoms with E-state index in [2.05, 4.69) is 10.0 Å². The third-order valence-corrected chi connectivity index (χ3v) is 7.96. The molecule has 0 aromatic heterocycles. The van der Waals surface area contributed by atoms with Crippen LogP contribution in [0.15, 0.2) is 47.4 Å². The number of rotatable bonds is 8. The van der Waals surface area contributed by atoms with E-state index in [9.17, 15) is 21.6 Å². The second-order valence-electron chi connectivity index (χ2n) is 7.65. The van der Waals surface area contributed by atoms with Gasteiger partial charge in [-0.3, -0.25) is 9.52 Å². The fourth-order valence-electron chi connectivity index (χ4n) is 3.54. The Balaban J connectivity index is 1.80. The van der Waals surface area contributed by atoms with Crippen molar-refractivity contribution in [2.75, 3.05) is 43.6 Å². The number of carbonyl (C=O) groups is 1. The quantitative estimate of drug-likeness (QED) is 0.571. The van der Waals surface area contributed by atoms with Crippen LogP contribution in [0.3, 0.4) is 0 Å². The maximum absolute atomic E-state index is 13.0. The molecule has 3 rings (SSSR count). The first-order valence-corrected chi connectivity index (χ1v) is 13.5. The van der Waals surface area contributed by atoms with Gasteiger partial charge in [-0.2, -0.15) is 0 Å². The van der Waals surface area contributed by atoms with Gasteiger partial charge in [0, 0.05) is 24.5 Å². The highest BCUT2D eigenvalue weighted by molar-refractivity contribution is 7.92. The number of carbonyl (C=O) groups excluding carboxylic acids is 1. The van der Waals surface area contributed by atoms with Crippen molar-refractivity contribution >= 4 is 37.3 Å². The summed E-state index contributed by atoms with van der Waals surface area (Å²) >= 11 is 0. The minimum Gasteiger partial charge on any atom is -0.497 e. The second kappa shape index (κ2) is 9.98. The highest BCUT2D eigenvalue weighted by Crippen LogP contribution is 2.30. The van der Waals surface area contributed by atoms with Gasteiger partial charge in [-0.05, 0) is 55.3 Å².